The molecule has 0 bridgehead atoms. The van der Waals surface area contributed by atoms with Crippen molar-refractivity contribution in [1.82, 2.24) is 0 Å². The normalized spacial score (nSPS) is 10.8. The first-order valence-electron chi connectivity index (χ1n) is 6.14. The largest absolute Gasteiger partial charge is 0.497 e. The standard InChI is InChI=1S/C16H18O3/c1-4-6-13(9-12-16(17)19-5-2)14-7-10-15(18-3)11-8-14/h4,7-8,10-11,13H,1,5-6H2,2-3H3. The van der Waals surface area contributed by atoms with Crippen LogP contribution in [-0.2, 0) is 9.53 Å². The quantitative estimate of drug-likeness (QED) is 0.352. The molecule has 3 nitrogen and oxygen atoms in total. The van der Waals surface area contributed by atoms with Gasteiger partial charge in [0.15, 0.2) is 0 Å². The van der Waals surface area contributed by atoms with Crippen molar-refractivity contribution < 1.29 is 14.3 Å². The van der Waals surface area contributed by atoms with E-state index >= 15 is 0 Å². The summed E-state index contributed by atoms with van der Waals surface area (Å²) < 4.78 is 9.89. The number of carbonyl (C=O) groups excluding carboxylic acids is 1. The minimum atomic E-state index is -0.495. The van der Waals surface area contributed by atoms with Gasteiger partial charge in [-0.15, -0.1) is 6.58 Å². The summed E-state index contributed by atoms with van der Waals surface area (Å²) in [6.45, 7) is 5.80. The second kappa shape index (κ2) is 7.99. The van der Waals surface area contributed by atoms with Gasteiger partial charge >= 0.3 is 5.97 Å². The Morgan fingerprint density at radius 3 is 2.63 bits per heavy atom. The summed E-state index contributed by atoms with van der Waals surface area (Å²) in [7, 11) is 1.62. The average Bonchev–Trinajstić information content (AvgIpc) is 2.44. The number of benzene rings is 1. The van der Waals surface area contributed by atoms with Gasteiger partial charge in [-0.25, -0.2) is 4.79 Å². The zero-order valence-electron chi connectivity index (χ0n) is 11.3. The van der Waals surface area contributed by atoms with Crippen LogP contribution in [0.5, 0.6) is 5.75 Å². The third kappa shape index (κ3) is 4.89. The van der Waals surface area contributed by atoms with Crippen LogP contribution in [0.4, 0.5) is 0 Å². The SMILES string of the molecule is C=CCC(C#CC(=O)OCC)c1ccc(OC)cc1. The summed E-state index contributed by atoms with van der Waals surface area (Å²) in [6, 6.07) is 7.62. The predicted molar refractivity (Wildman–Crippen MR) is 75.0 cm³/mol. The van der Waals surface area contributed by atoms with E-state index in [2.05, 4.69) is 18.4 Å². The molecule has 3 heteroatoms. The fourth-order valence-corrected chi connectivity index (χ4v) is 1.59. The summed E-state index contributed by atoms with van der Waals surface area (Å²) in [5.41, 5.74) is 1.03. The van der Waals surface area contributed by atoms with Crippen molar-refractivity contribution in [3.63, 3.8) is 0 Å². The van der Waals surface area contributed by atoms with Crippen LogP contribution in [0.15, 0.2) is 36.9 Å². The molecule has 0 aliphatic rings. The molecule has 0 heterocycles. The van der Waals surface area contributed by atoms with Crippen LogP contribution in [0.2, 0.25) is 0 Å². The van der Waals surface area contributed by atoms with Gasteiger partial charge in [-0.05, 0) is 31.0 Å². The van der Waals surface area contributed by atoms with Gasteiger partial charge in [0.2, 0.25) is 0 Å². The van der Waals surface area contributed by atoms with Gasteiger partial charge in [-0.3, -0.25) is 0 Å². The first-order valence-corrected chi connectivity index (χ1v) is 6.14. The lowest BCUT2D eigenvalue weighted by Crippen LogP contribution is -2.01. The highest BCUT2D eigenvalue weighted by molar-refractivity contribution is 5.88. The van der Waals surface area contributed by atoms with Crippen molar-refractivity contribution in [3.8, 4) is 17.6 Å². The fraction of sp³-hybridized carbons (Fsp3) is 0.312. The molecule has 1 unspecified atom stereocenters. The van der Waals surface area contributed by atoms with Gasteiger partial charge in [-0.1, -0.05) is 24.1 Å². The fourth-order valence-electron chi connectivity index (χ4n) is 1.59. The molecular formula is C16H18O3. The molecule has 0 saturated heterocycles. The number of allylic oxidation sites excluding steroid dienone is 1. The molecular weight excluding hydrogens is 240 g/mol. The summed E-state index contributed by atoms with van der Waals surface area (Å²) in [5.74, 6) is 5.66. The average molecular weight is 258 g/mol. The van der Waals surface area contributed by atoms with Crippen molar-refractivity contribution >= 4 is 5.97 Å². The van der Waals surface area contributed by atoms with E-state index in [4.69, 9.17) is 9.47 Å². The van der Waals surface area contributed by atoms with E-state index in [0.717, 1.165) is 11.3 Å². The van der Waals surface area contributed by atoms with Crippen molar-refractivity contribution in [3.05, 3.63) is 42.5 Å². The number of ether oxygens (including phenoxy) is 2. The number of hydrogen-bond acceptors (Lipinski definition) is 3. The van der Waals surface area contributed by atoms with Crippen LogP contribution in [0, 0.1) is 11.8 Å². The van der Waals surface area contributed by atoms with Crippen molar-refractivity contribution in [2.24, 2.45) is 0 Å². The van der Waals surface area contributed by atoms with E-state index in [1.165, 1.54) is 0 Å². The molecule has 100 valence electrons. The Hall–Kier alpha value is -2.21. The topological polar surface area (TPSA) is 35.5 Å². The Labute approximate surface area is 114 Å². The molecule has 0 spiro atoms. The predicted octanol–water partition coefficient (Wildman–Crippen LogP) is 2.92. The Balaban J connectivity index is 2.86. The van der Waals surface area contributed by atoms with Crippen LogP contribution in [0.1, 0.15) is 24.8 Å². The highest BCUT2D eigenvalue weighted by Gasteiger charge is 2.07. The van der Waals surface area contributed by atoms with Gasteiger partial charge < -0.3 is 9.47 Å². The minimum Gasteiger partial charge on any atom is -0.497 e. The van der Waals surface area contributed by atoms with Gasteiger partial charge in [0.1, 0.15) is 5.75 Å². The van der Waals surface area contributed by atoms with Crippen LogP contribution < -0.4 is 4.74 Å². The zero-order chi connectivity index (χ0) is 14.1. The monoisotopic (exact) mass is 258 g/mol. The lowest BCUT2D eigenvalue weighted by molar-refractivity contribution is -0.136. The smallest absolute Gasteiger partial charge is 0.384 e. The summed E-state index contributed by atoms with van der Waals surface area (Å²) in [4.78, 5) is 11.2. The van der Waals surface area contributed by atoms with Gasteiger partial charge in [0, 0.05) is 11.8 Å². The Kier molecular flexibility index (Phi) is 6.25. The Morgan fingerprint density at radius 2 is 2.11 bits per heavy atom. The molecule has 1 aromatic rings. The number of carbonyl (C=O) groups is 1. The Bertz CT molecular complexity index is 477. The third-order valence-electron chi connectivity index (χ3n) is 2.54. The van der Waals surface area contributed by atoms with Crippen molar-refractivity contribution in [2.45, 2.75) is 19.3 Å². The summed E-state index contributed by atoms with van der Waals surface area (Å²) >= 11 is 0. The number of esters is 1. The third-order valence-corrected chi connectivity index (χ3v) is 2.54. The van der Waals surface area contributed by atoms with Gasteiger partial charge in [0.05, 0.1) is 13.7 Å². The van der Waals surface area contributed by atoms with Gasteiger partial charge in [0.25, 0.3) is 0 Å². The molecule has 0 aliphatic carbocycles. The Morgan fingerprint density at radius 1 is 1.42 bits per heavy atom. The van der Waals surface area contributed by atoms with E-state index in [0.29, 0.717) is 13.0 Å². The van der Waals surface area contributed by atoms with E-state index in [1.807, 2.05) is 24.3 Å². The molecule has 0 aliphatic heterocycles. The molecule has 1 aromatic carbocycles. The lowest BCUT2D eigenvalue weighted by atomic mass is 9.96. The van der Waals surface area contributed by atoms with Crippen LogP contribution in [0.3, 0.4) is 0 Å². The molecule has 0 fully saturated rings. The maximum Gasteiger partial charge on any atom is 0.384 e. The molecule has 0 aromatic heterocycles. The summed E-state index contributed by atoms with van der Waals surface area (Å²) in [5, 5.41) is 0. The zero-order valence-corrected chi connectivity index (χ0v) is 11.3. The second-order valence-corrected chi connectivity index (χ2v) is 3.84. The van der Waals surface area contributed by atoms with Crippen LogP contribution in [-0.4, -0.2) is 19.7 Å². The summed E-state index contributed by atoms with van der Waals surface area (Å²) in [6.07, 6.45) is 2.47. The number of methoxy groups -OCH3 is 1. The molecule has 0 radical (unpaired) electrons. The minimum absolute atomic E-state index is 0.0622. The molecule has 19 heavy (non-hydrogen) atoms. The van der Waals surface area contributed by atoms with Crippen molar-refractivity contribution in [1.29, 1.82) is 0 Å². The molecule has 0 saturated carbocycles. The van der Waals surface area contributed by atoms with Crippen LogP contribution in [0.25, 0.3) is 0 Å². The molecule has 0 N–H and O–H groups in total. The van der Waals surface area contributed by atoms with E-state index in [1.54, 1.807) is 20.1 Å². The molecule has 0 amide bonds. The lowest BCUT2D eigenvalue weighted by Gasteiger charge is -2.09. The first kappa shape index (κ1) is 14.8. The van der Waals surface area contributed by atoms with Crippen LogP contribution >= 0.6 is 0 Å². The highest BCUT2D eigenvalue weighted by Crippen LogP contribution is 2.22. The van der Waals surface area contributed by atoms with E-state index in [-0.39, 0.29) is 5.92 Å². The first-order chi connectivity index (χ1) is 9.21. The van der Waals surface area contributed by atoms with Crippen molar-refractivity contribution in [2.75, 3.05) is 13.7 Å². The maximum absolute atomic E-state index is 11.2. The number of rotatable bonds is 5. The van der Waals surface area contributed by atoms with Gasteiger partial charge in [-0.2, -0.15) is 0 Å². The number of hydrogen-bond donors (Lipinski definition) is 0. The maximum atomic E-state index is 11.2. The highest BCUT2D eigenvalue weighted by atomic mass is 16.5. The molecule has 1 atom stereocenters. The van der Waals surface area contributed by atoms with E-state index in [9.17, 15) is 4.79 Å². The molecule has 1 rings (SSSR count). The van der Waals surface area contributed by atoms with E-state index < -0.39 is 5.97 Å². The second-order valence-electron chi connectivity index (χ2n) is 3.84.